The first kappa shape index (κ1) is 13.8. The molecule has 1 unspecified atom stereocenters. The third-order valence-electron chi connectivity index (χ3n) is 2.67. The maximum atomic E-state index is 11.8. The van der Waals surface area contributed by atoms with Crippen molar-refractivity contribution in [2.75, 3.05) is 11.9 Å². The van der Waals surface area contributed by atoms with E-state index in [1.807, 2.05) is 5.38 Å². The van der Waals surface area contributed by atoms with E-state index in [-0.39, 0.29) is 11.9 Å². The number of rotatable bonds is 6. The molecule has 2 aromatic heterocycles. The monoisotopic (exact) mass is 279 g/mol. The van der Waals surface area contributed by atoms with Gasteiger partial charge in [0.05, 0.1) is 17.5 Å². The topological polar surface area (TPSA) is 67.2 Å². The molecule has 2 heterocycles. The molecule has 5 nitrogen and oxygen atoms in total. The van der Waals surface area contributed by atoms with Gasteiger partial charge in [-0.1, -0.05) is 6.92 Å². The zero-order valence-electron chi connectivity index (χ0n) is 11.0. The molecule has 0 saturated carbocycles. The highest BCUT2D eigenvalue weighted by Gasteiger charge is 2.12. The van der Waals surface area contributed by atoms with Crippen LogP contribution in [0.5, 0.6) is 0 Å². The summed E-state index contributed by atoms with van der Waals surface area (Å²) in [5.74, 6) is -0.205. The standard InChI is InChI=1S/C13H17N3O2S/c1-3-5-14-9(2)11-8-19-13(15-11)16-12(17)10-4-6-18-7-10/h4,6-9,14H,3,5H2,1-2H3,(H,15,16,17). The molecule has 2 aromatic rings. The van der Waals surface area contributed by atoms with Crippen molar-refractivity contribution in [1.29, 1.82) is 0 Å². The molecule has 0 radical (unpaired) electrons. The van der Waals surface area contributed by atoms with Crippen LogP contribution in [0.15, 0.2) is 28.4 Å². The maximum absolute atomic E-state index is 11.8. The SMILES string of the molecule is CCCNC(C)c1csc(NC(=O)c2ccoc2)n1. The van der Waals surface area contributed by atoms with Gasteiger partial charge in [0.1, 0.15) is 6.26 Å². The van der Waals surface area contributed by atoms with Crippen molar-refractivity contribution in [3.63, 3.8) is 0 Å². The summed E-state index contributed by atoms with van der Waals surface area (Å²) < 4.78 is 4.87. The summed E-state index contributed by atoms with van der Waals surface area (Å²) in [6.45, 7) is 5.14. The van der Waals surface area contributed by atoms with Crippen molar-refractivity contribution >= 4 is 22.4 Å². The smallest absolute Gasteiger partial charge is 0.260 e. The normalized spacial score (nSPS) is 12.3. The quantitative estimate of drug-likeness (QED) is 0.853. The first-order chi connectivity index (χ1) is 9.20. The third kappa shape index (κ3) is 3.65. The highest BCUT2D eigenvalue weighted by atomic mass is 32.1. The van der Waals surface area contributed by atoms with E-state index in [1.54, 1.807) is 6.07 Å². The van der Waals surface area contributed by atoms with Gasteiger partial charge < -0.3 is 9.73 Å². The fraction of sp³-hybridized carbons (Fsp3) is 0.385. The Morgan fingerprint density at radius 1 is 1.58 bits per heavy atom. The number of carbonyl (C=O) groups excluding carboxylic acids is 1. The van der Waals surface area contributed by atoms with Crippen LogP contribution in [0.2, 0.25) is 0 Å². The summed E-state index contributed by atoms with van der Waals surface area (Å²) in [6.07, 6.45) is 3.97. The number of nitrogens with one attached hydrogen (secondary N) is 2. The lowest BCUT2D eigenvalue weighted by Crippen LogP contribution is -2.19. The molecular weight excluding hydrogens is 262 g/mol. The molecule has 1 atom stereocenters. The van der Waals surface area contributed by atoms with Crippen LogP contribution in [-0.4, -0.2) is 17.4 Å². The summed E-state index contributed by atoms with van der Waals surface area (Å²) in [7, 11) is 0. The molecular formula is C13H17N3O2S. The lowest BCUT2D eigenvalue weighted by molar-refractivity contribution is 0.102. The van der Waals surface area contributed by atoms with Gasteiger partial charge in [-0.2, -0.15) is 0 Å². The molecule has 0 spiro atoms. The lowest BCUT2D eigenvalue weighted by atomic mass is 10.2. The summed E-state index contributed by atoms with van der Waals surface area (Å²) in [4.78, 5) is 16.2. The zero-order chi connectivity index (χ0) is 13.7. The van der Waals surface area contributed by atoms with Crippen LogP contribution in [0, 0.1) is 0 Å². The van der Waals surface area contributed by atoms with Gasteiger partial charge in [0.25, 0.3) is 5.91 Å². The largest absolute Gasteiger partial charge is 0.472 e. The molecule has 0 aromatic carbocycles. The Labute approximate surface area is 116 Å². The highest BCUT2D eigenvalue weighted by Crippen LogP contribution is 2.21. The zero-order valence-corrected chi connectivity index (χ0v) is 11.8. The number of anilines is 1. The summed E-state index contributed by atoms with van der Waals surface area (Å²) in [5.41, 5.74) is 1.44. The number of nitrogens with zero attached hydrogens (tertiary/aromatic N) is 1. The van der Waals surface area contributed by atoms with Gasteiger partial charge >= 0.3 is 0 Å². The van der Waals surface area contributed by atoms with Crippen molar-refractivity contribution in [1.82, 2.24) is 10.3 Å². The second-order valence-corrected chi connectivity index (χ2v) is 5.08. The van der Waals surface area contributed by atoms with E-state index in [2.05, 4.69) is 29.5 Å². The van der Waals surface area contributed by atoms with E-state index in [1.165, 1.54) is 23.9 Å². The molecule has 6 heteroatoms. The molecule has 0 fully saturated rings. The Morgan fingerprint density at radius 3 is 3.11 bits per heavy atom. The predicted octanol–water partition coefficient (Wildman–Crippen LogP) is 3.05. The molecule has 2 N–H and O–H groups in total. The number of thiazole rings is 1. The molecule has 0 saturated heterocycles. The molecule has 1 amide bonds. The molecule has 0 bridgehead atoms. The van der Waals surface area contributed by atoms with Gasteiger partial charge in [-0.15, -0.1) is 11.3 Å². The Morgan fingerprint density at radius 2 is 2.42 bits per heavy atom. The molecule has 102 valence electrons. The van der Waals surface area contributed by atoms with Crippen LogP contribution in [-0.2, 0) is 0 Å². The van der Waals surface area contributed by atoms with Gasteiger partial charge in [0.2, 0.25) is 0 Å². The fourth-order valence-electron chi connectivity index (χ4n) is 1.57. The second kappa shape index (κ2) is 6.49. The average molecular weight is 279 g/mol. The van der Waals surface area contributed by atoms with Crippen molar-refractivity contribution in [3.05, 3.63) is 35.2 Å². The first-order valence-electron chi connectivity index (χ1n) is 6.23. The van der Waals surface area contributed by atoms with Crippen LogP contribution in [0.3, 0.4) is 0 Å². The van der Waals surface area contributed by atoms with Gasteiger partial charge in [-0.25, -0.2) is 4.98 Å². The minimum absolute atomic E-state index is 0.191. The van der Waals surface area contributed by atoms with Crippen LogP contribution in [0.4, 0.5) is 5.13 Å². The van der Waals surface area contributed by atoms with Crippen LogP contribution < -0.4 is 10.6 Å². The average Bonchev–Trinajstić information content (AvgIpc) is 3.06. The van der Waals surface area contributed by atoms with Gasteiger partial charge in [-0.3, -0.25) is 10.1 Å². The fourth-order valence-corrected chi connectivity index (χ4v) is 2.37. The lowest BCUT2D eigenvalue weighted by Gasteiger charge is -2.09. The van der Waals surface area contributed by atoms with E-state index in [0.717, 1.165) is 18.7 Å². The van der Waals surface area contributed by atoms with Crippen molar-refractivity contribution in [3.8, 4) is 0 Å². The molecule has 0 aliphatic carbocycles. The number of furan rings is 1. The molecule has 19 heavy (non-hydrogen) atoms. The maximum Gasteiger partial charge on any atom is 0.260 e. The first-order valence-corrected chi connectivity index (χ1v) is 7.11. The minimum atomic E-state index is -0.205. The minimum Gasteiger partial charge on any atom is -0.472 e. The Bertz CT molecular complexity index is 522. The van der Waals surface area contributed by atoms with Crippen molar-refractivity contribution < 1.29 is 9.21 Å². The number of hydrogen-bond donors (Lipinski definition) is 2. The van der Waals surface area contributed by atoms with Crippen LogP contribution in [0.1, 0.15) is 42.4 Å². The van der Waals surface area contributed by atoms with Gasteiger partial charge in [-0.05, 0) is 26.0 Å². The number of aromatic nitrogens is 1. The van der Waals surface area contributed by atoms with Gasteiger partial charge in [0, 0.05) is 11.4 Å². The number of amides is 1. The Kier molecular flexibility index (Phi) is 4.70. The summed E-state index contributed by atoms with van der Waals surface area (Å²) >= 11 is 1.42. The van der Waals surface area contributed by atoms with Crippen molar-refractivity contribution in [2.45, 2.75) is 26.3 Å². The van der Waals surface area contributed by atoms with Crippen LogP contribution >= 0.6 is 11.3 Å². The molecule has 0 aliphatic rings. The predicted molar refractivity (Wildman–Crippen MR) is 75.5 cm³/mol. The van der Waals surface area contributed by atoms with E-state index in [4.69, 9.17) is 4.42 Å². The number of hydrogen-bond acceptors (Lipinski definition) is 5. The van der Waals surface area contributed by atoms with Crippen molar-refractivity contribution in [2.24, 2.45) is 0 Å². The molecule has 2 rings (SSSR count). The van der Waals surface area contributed by atoms with E-state index in [9.17, 15) is 4.79 Å². The number of carbonyl (C=O) groups is 1. The second-order valence-electron chi connectivity index (χ2n) is 4.22. The molecule has 0 aliphatic heterocycles. The van der Waals surface area contributed by atoms with E-state index in [0.29, 0.717) is 10.7 Å². The van der Waals surface area contributed by atoms with E-state index >= 15 is 0 Å². The van der Waals surface area contributed by atoms with Crippen LogP contribution in [0.25, 0.3) is 0 Å². The van der Waals surface area contributed by atoms with E-state index < -0.39 is 0 Å². The third-order valence-corrected chi connectivity index (χ3v) is 3.45. The van der Waals surface area contributed by atoms with Gasteiger partial charge in [0.15, 0.2) is 5.13 Å². The summed E-state index contributed by atoms with van der Waals surface area (Å²) in [5, 5.41) is 8.68. The highest BCUT2D eigenvalue weighted by molar-refractivity contribution is 7.14. The summed E-state index contributed by atoms with van der Waals surface area (Å²) in [6, 6.07) is 1.81. The Balaban J connectivity index is 1.95. The Hall–Kier alpha value is -1.66.